The van der Waals surface area contributed by atoms with E-state index < -0.39 is 6.10 Å². The number of aromatic amines is 1. The van der Waals surface area contributed by atoms with E-state index in [9.17, 15) is 9.90 Å². The summed E-state index contributed by atoms with van der Waals surface area (Å²) >= 11 is 0. The molecule has 1 amide bonds. The molecule has 0 bridgehead atoms. The Bertz CT molecular complexity index is 1020. The second kappa shape index (κ2) is 10.8. The molecule has 3 aromatic rings. The molecule has 1 aliphatic heterocycles. The van der Waals surface area contributed by atoms with Crippen LogP contribution in [0.5, 0.6) is 0 Å². The van der Waals surface area contributed by atoms with Crippen molar-refractivity contribution in [3.63, 3.8) is 0 Å². The van der Waals surface area contributed by atoms with Gasteiger partial charge in [0.2, 0.25) is 5.91 Å². The molecule has 0 saturated carbocycles. The fourth-order valence-electron chi connectivity index (χ4n) is 4.16. The first-order valence-electron chi connectivity index (χ1n) is 11.2. The summed E-state index contributed by atoms with van der Waals surface area (Å²) in [5, 5.41) is 24.4. The zero-order valence-electron chi connectivity index (χ0n) is 18.1. The molecule has 32 heavy (non-hydrogen) atoms. The van der Waals surface area contributed by atoms with E-state index in [0.29, 0.717) is 19.4 Å². The number of tetrazole rings is 1. The number of amides is 1. The first kappa shape index (κ1) is 21.9. The quantitative estimate of drug-likeness (QED) is 0.481. The third kappa shape index (κ3) is 6.11. The van der Waals surface area contributed by atoms with Gasteiger partial charge in [-0.3, -0.25) is 4.79 Å². The summed E-state index contributed by atoms with van der Waals surface area (Å²) < 4.78 is 0. The van der Waals surface area contributed by atoms with E-state index in [1.807, 2.05) is 53.5 Å². The summed E-state index contributed by atoms with van der Waals surface area (Å²) in [4.78, 5) is 14.4. The number of benzene rings is 2. The molecule has 0 radical (unpaired) electrons. The maximum atomic E-state index is 12.5. The van der Waals surface area contributed by atoms with Crippen LogP contribution in [0.3, 0.4) is 0 Å². The predicted octanol–water partition coefficient (Wildman–Crippen LogP) is 3.03. The molecule has 7 heteroatoms. The number of likely N-dealkylation sites (tertiary alicyclic amines) is 1. The zero-order valence-corrected chi connectivity index (χ0v) is 18.1. The average Bonchev–Trinajstić information content (AvgIpc) is 3.44. The van der Waals surface area contributed by atoms with Crippen molar-refractivity contribution in [3.05, 3.63) is 89.3 Å². The van der Waals surface area contributed by atoms with E-state index in [1.165, 1.54) is 5.56 Å². The Kier molecular flexibility index (Phi) is 7.40. The summed E-state index contributed by atoms with van der Waals surface area (Å²) in [6.07, 6.45) is 7.82. The van der Waals surface area contributed by atoms with Crippen molar-refractivity contribution in [2.45, 2.75) is 57.2 Å². The van der Waals surface area contributed by atoms with Gasteiger partial charge in [-0.2, -0.15) is 5.21 Å². The highest BCUT2D eigenvalue weighted by Gasteiger charge is 2.29. The van der Waals surface area contributed by atoms with E-state index in [1.54, 1.807) is 0 Å². The SMILES string of the molecule is O=C1CCC(/C=C/C(O)Cc2ccccc2)N1Cc1cccc(CCCc2nn[nH]n2)c1. The molecule has 0 aliphatic carbocycles. The lowest BCUT2D eigenvalue weighted by Gasteiger charge is -2.23. The van der Waals surface area contributed by atoms with Crippen LogP contribution < -0.4 is 0 Å². The van der Waals surface area contributed by atoms with Crippen LogP contribution in [-0.4, -0.2) is 48.7 Å². The zero-order chi connectivity index (χ0) is 22.2. The van der Waals surface area contributed by atoms with E-state index >= 15 is 0 Å². The monoisotopic (exact) mass is 431 g/mol. The number of aliphatic hydroxyl groups excluding tert-OH is 1. The minimum atomic E-state index is -0.558. The summed E-state index contributed by atoms with van der Waals surface area (Å²) in [6.45, 7) is 0.585. The lowest BCUT2D eigenvalue weighted by Crippen LogP contribution is -2.31. The number of aliphatic hydroxyl groups is 1. The topological polar surface area (TPSA) is 95.0 Å². The summed E-state index contributed by atoms with van der Waals surface area (Å²) in [5.74, 6) is 0.896. The summed E-state index contributed by atoms with van der Waals surface area (Å²) in [6, 6.07) is 18.4. The third-order valence-corrected chi connectivity index (χ3v) is 5.82. The molecule has 166 valence electrons. The number of carbonyl (C=O) groups excluding carboxylic acids is 1. The van der Waals surface area contributed by atoms with Crippen molar-refractivity contribution in [2.75, 3.05) is 0 Å². The van der Waals surface area contributed by atoms with Gasteiger partial charge in [-0.05, 0) is 36.0 Å². The molecule has 2 N–H and O–H groups in total. The van der Waals surface area contributed by atoms with Crippen LogP contribution in [0.1, 0.15) is 41.8 Å². The van der Waals surface area contributed by atoms with Gasteiger partial charge in [0.1, 0.15) is 0 Å². The van der Waals surface area contributed by atoms with E-state index in [2.05, 4.69) is 38.8 Å². The van der Waals surface area contributed by atoms with E-state index in [0.717, 1.165) is 42.6 Å². The largest absolute Gasteiger partial charge is 0.389 e. The average molecular weight is 432 g/mol. The summed E-state index contributed by atoms with van der Waals surface area (Å²) in [7, 11) is 0. The second-order valence-corrected chi connectivity index (χ2v) is 8.27. The Morgan fingerprint density at radius 2 is 1.91 bits per heavy atom. The van der Waals surface area contributed by atoms with Crippen LogP contribution >= 0.6 is 0 Å². The first-order valence-corrected chi connectivity index (χ1v) is 11.2. The van der Waals surface area contributed by atoms with Crippen LogP contribution in [0, 0.1) is 0 Å². The lowest BCUT2D eigenvalue weighted by atomic mass is 10.0. The fraction of sp³-hybridized carbons (Fsp3) is 0.360. The van der Waals surface area contributed by atoms with Crippen LogP contribution in [0.15, 0.2) is 66.7 Å². The molecule has 1 aromatic heterocycles. The van der Waals surface area contributed by atoms with Crippen LogP contribution in [0.4, 0.5) is 0 Å². The molecule has 2 heterocycles. The van der Waals surface area contributed by atoms with Gasteiger partial charge in [-0.15, -0.1) is 10.2 Å². The smallest absolute Gasteiger partial charge is 0.223 e. The normalized spacial score (nSPS) is 17.3. The number of hydrogen-bond acceptors (Lipinski definition) is 5. The highest BCUT2D eigenvalue weighted by Crippen LogP contribution is 2.23. The number of hydrogen-bond donors (Lipinski definition) is 2. The highest BCUT2D eigenvalue weighted by molar-refractivity contribution is 5.79. The number of rotatable bonds is 10. The number of H-pyrrole nitrogens is 1. The molecule has 2 aromatic carbocycles. The molecule has 4 rings (SSSR count). The Morgan fingerprint density at radius 3 is 2.72 bits per heavy atom. The standard InChI is InChI=1S/C25H29N5O2/c31-23(17-20-6-2-1-3-7-20)14-12-22-13-15-25(32)30(22)18-21-10-4-8-19(16-21)9-5-11-24-26-28-29-27-24/h1-4,6-8,10,12,14,16,22-23,31H,5,9,11,13,15,17-18H2,(H,26,27,28,29)/b14-12+. The van der Waals surface area contributed by atoms with E-state index in [-0.39, 0.29) is 11.9 Å². The van der Waals surface area contributed by atoms with Gasteiger partial charge in [0.15, 0.2) is 5.82 Å². The number of nitrogens with one attached hydrogen (secondary N) is 1. The van der Waals surface area contributed by atoms with Crippen molar-refractivity contribution in [3.8, 4) is 0 Å². The maximum Gasteiger partial charge on any atom is 0.223 e. The number of carbonyl (C=O) groups is 1. The van der Waals surface area contributed by atoms with Gasteiger partial charge in [0, 0.05) is 25.8 Å². The van der Waals surface area contributed by atoms with Crippen molar-refractivity contribution in [1.29, 1.82) is 0 Å². The number of aromatic nitrogens is 4. The molecule has 7 nitrogen and oxygen atoms in total. The van der Waals surface area contributed by atoms with Gasteiger partial charge in [-0.1, -0.05) is 72.0 Å². The van der Waals surface area contributed by atoms with E-state index in [4.69, 9.17) is 0 Å². The molecule has 2 unspecified atom stereocenters. The van der Waals surface area contributed by atoms with Gasteiger partial charge >= 0.3 is 0 Å². The van der Waals surface area contributed by atoms with Crippen LogP contribution in [0.2, 0.25) is 0 Å². The molecule has 1 aliphatic rings. The minimum Gasteiger partial charge on any atom is -0.389 e. The van der Waals surface area contributed by atoms with Gasteiger partial charge in [0.25, 0.3) is 0 Å². The summed E-state index contributed by atoms with van der Waals surface area (Å²) in [5.41, 5.74) is 3.46. The van der Waals surface area contributed by atoms with Gasteiger partial charge in [-0.25, -0.2) is 0 Å². The van der Waals surface area contributed by atoms with Crippen molar-refractivity contribution in [2.24, 2.45) is 0 Å². The molecule has 1 saturated heterocycles. The van der Waals surface area contributed by atoms with Crippen LogP contribution in [-0.2, 0) is 30.6 Å². The predicted molar refractivity (Wildman–Crippen MR) is 122 cm³/mol. The Labute approximate surface area is 188 Å². The third-order valence-electron chi connectivity index (χ3n) is 5.82. The number of aryl methyl sites for hydroxylation is 2. The molecular weight excluding hydrogens is 402 g/mol. The molecular formula is C25H29N5O2. The van der Waals surface area contributed by atoms with Crippen molar-refractivity contribution in [1.82, 2.24) is 25.5 Å². The minimum absolute atomic E-state index is 0.0230. The Balaban J connectivity index is 1.33. The maximum absolute atomic E-state index is 12.5. The first-order chi connectivity index (χ1) is 15.7. The fourth-order valence-corrected chi connectivity index (χ4v) is 4.16. The van der Waals surface area contributed by atoms with Gasteiger partial charge < -0.3 is 10.0 Å². The molecule has 1 fully saturated rings. The molecule has 0 spiro atoms. The van der Waals surface area contributed by atoms with Crippen molar-refractivity contribution < 1.29 is 9.90 Å². The lowest BCUT2D eigenvalue weighted by molar-refractivity contribution is -0.129. The Morgan fingerprint density at radius 1 is 1.09 bits per heavy atom. The van der Waals surface area contributed by atoms with Crippen molar-refractivity contribution >= 4 is 5.91 Å². The highest BCUT2D eigenvalue weighted by atomic mass is 16.3. The second-order valence-electron chi connectivity index (χ2n) is 8.27. The number of nitrogens with zero attached hydrogens (tertiary/aromatic N) is 4. The van der Waals surface area contributed by atoms with Gasteiger partial charge in [0.05, 0.1) is 12.1 Å². The van der Waals surface area contributed by atoms with Crippen LogP contribution in [0.25, 0.3) is 0 Å². The Hall–Kier alpha value is -3.32. The molecule has 2 atom stereocenters.